The molecule has 0 heterocycles. The van der Waals surface area contributed by atoms with E-state index in [4.69, 9.17) is 5.11 Å². The lowest BCUT2D eigenvalue weighted by Crippen LogP contribution is -2.26. The first kappa shape index (κ1) is 15.5. The Morgan fingerprint density at radius 3 is 2.58 bits per heavy atom. The van der Waals surface area contributed by atoms with Crippen LogP contribution in [-0.4, -0.2) is 34.8 Å². The summed E-state index contributed by atoms with van der Waals surface area (Å²) in [6.07, 6.45) is 1.43. The highest BCUT2D eigenvalue weighted by Crippen LogP contribution is 2.20. The first-order valence-electron chi connectivity index (χ1n) is 5.88. The number of nitrogens with zero attached hydrogens (tertiary/aromatic N) is 1. The van der Waals surface area contributed by atoms with Gasteiger partial charge in [0.2, 0.25) is 5.91 Å². The third-order valence-electron chi connectivity index (χ3n) is 2.32. The van der Waals surface area contributed by atoms with Crippen LogP contribution in [0.4, 0.5) is 5.69 Å². The van der Waals surface area contributed by atoms with Gasteiger partial charge in [-0.3, -0.25) is 14.9 Å². The molecule has 1 rings (SSSR count). The molecule has 0 saturated heterocycles. The average Bonchev–Trinajstić information content (AvgIpc) is 2.42. The largest absolute Gasteiger partial charge is 0.396 e. The van der Waals surface area contributed by atoms with E-state index in [1.807, 2.05) is 0 Å². The van der Waals surface area contributed by atoms with Crippen molar-refractivity contribution in [3.8, 4) is 0 Å². The normalized spacial score (nSPS) is 10.2. The molecule has 19 heavy (non-hydrogen) atoms. The number of amides is 1. The molecule has 6 nitrogen and oxygen atoms in total. The van der Waals surface area contributed by atoms with E-state index in [1.165, 1.54) is 23.9 Å². The molecule has 0 fully saturated rings. The Morgan fingerprint density at radius 2 is 2.00 bits per heavy atom. The summed E-state index contributed by atoms with van der Waals surface area (Å²) in [5.74, 6) is 0.193. The lowest BCUT2D eigenvalue weighted by atomic mass is 10.3. The predicted molar refractivity (Wildman–Crippen MR) is 73.1 cm³/mol. The minimum atomic E-state index is -0.456. The molecular weight excluding hydrogens is 268 g/mol. The number of nitro groups is 1. The van der Waals surface area contributed by atoms with Crippen molar-refractivity contribution in [2.24, 2.45) is 0 Å². The van der Waals surface area contributed by atoms with Gasteiger partial charge in [-0.05, 0) is 25.0 Å². The van der Waals surface area contributed by atoms with Gasteiger partial charge in [-0.1, -0.05) is 0 Å². The maximum Gasteiger partial charge on any atom is 0.269 e. The predicted octanol–water partition coefficient (Wildman–Crippen LogP) is 1.58. The highest BCUT2D eigenvalue weighted by molar-refractivity contribution is 8.00. The van der Waals surface area contributed by atoms with Crippen LogP contribution < -0.4 is 5.32 Å². The number of rotatable bonds is 8. The fourth-order valence-electron chi connectivity index (χ4n) is 1.33. The van der Waals surface area contributed by atoms with Crippen LogP contribution >= 0.6 is 11.8 Å². The monoisotopic (exact) mass is 284 g/mol. The topological polar surface area (TPSA) is 92.5 Å². The Kier molecular flexibility index (Phi) is 6.91. The van der Waals surface area contributed by atoms with Crippen LogP contribution in [0.1, 0.15) is 12.8 Å². The Labute approximate surface area is 115 Å². The van der Waals surface area contributed by atoms with E-state index in [-0.39, 0.29) is 24.0 Å². The van der Waals surface area contributed by atoms with Crippen molar-refractivity contribution in [3.05, 3.63) is 34.4 Å². The van der Waals surface area contributed by atoms with E-state index in [1.54, 1.807) is 12.1 Å². The zero-order valence-electron chi connectivity index (χ0n) is 10.4. The molecule has 1 aromatic rings. The second-order valence-electron chi connectivity index (χ2n) is 3.82. The number of aliphatic hydroxyl groups excluding tert-OH is 1. The molecule has 1 amide bonds. The summed E-state index contributed by atoms with van der Waals surface area (Å²) in [5.41, 5.74) is 0.0396. The zero-order chi connectivity index (χ0) is 14.1. The first-order valence-corrected chi connectivity index (χ1v) is 6.87. The smallest absolute Gasteiger partial charge is 0.269 e. The summed E-state index contributed by atoms with van der Waals surface area (Å²) in [6, 6.07) is 6.09. The fraction of sp³-hybridized carbons (Fsp3) is 0.417. The van der Waals surface area contributed by atoms with Crippen molar-refractivity contribution in [3.63, 3.8) is 0 Å². The molecule has 0 aliphatic rings. The highest BCUT2D eigenvalue weighted by atomic mass is 32.2. The van der Waals surface area contributed by atoms with E-state index in [0.29, 0.717) is 13.0 Å². The van der Waals surface area contributed by atoms with E-state index in [2.05, 4.69) is 5.32 Å². The number of unbranched alkanes of at least 4 members (excludes halogenated alkanes) is 1. The summed E-state index contributed by atoms with van der Waals surface area (Å²) in [4.78, 5) is 22.3. The van der Waals surface area contributed by atoms with Crippen LogP contribution in [0.3, 0.4) is 0 Å². The maximum atomic E-state index is 11.5. The number of non-ortho nitro benzene ring substituents is 1. The first-order chi connectivity index (χ1) is 9.13. The Balaban J connectivity index is 2.28. The lowest BCUT2D eigenvalue weighted by molar-refractivity contribution is -0.384. The van der Waals surface area contributed by atoms with Gasteiger partial charge in [-0.15, -0.1) is 11.8 Å². The molecule has 0 bridgehead atoms. The molecule has 0 aromatic heterocycles. The van der Waals surface area contributed by atoms with Gasteiger partial charge >= 0.3 is 0 Å². The fourth-order valence-corrected chi connectivity index (χ4v) is 2.06. The van der Waals surface area contributed by atoms with Crippen molar-refractivity contribution in [2.75, 3.05) is 18.9 Å². The molecule has 104 valence electrons. The number of carbonyl (C=O) groups is 1. The van der Waals surface area contributed by atoms with Crippen molar-refractivity contribution in [1.29, 1.82) is 0 Å². The molecule has 2 N–H and O–H groups in total. The molecule has 0 saturated carbocycles. The molecule has 0 atom stereocenters. The Hall–Kier alpha value is -1.60. The van der Waals surface area contributed by atoms with Gasteiger partial charge in [0.25, 0.3) is 5.69 Å². The minimum Gasteiger partial charge on any atom is -0.396 e. The SMILES string of the molecule is O=C(CSc1ccc([N+](=O)[O-])cc1)NCCCCO. The Morgan fingerprint density at radius 1 is 1.32 bits per heavy atom. The number of hydrogen-bond donors (Lipinski definition) is 2. The number of carbonyl (C=O) groups excluding carboxylic acids is 1. The van der Waals surface area contributed by atoms with Gasteiger partial charge in [-0.25, -0.2) is 0 Å². The van der Waals surface area contributed by atoms with Crippen molar-refractivity contribution in [1.82, 2.24) is 5.32 Å². The van der Waals surface area contributed by atoms with E-state index >= 15 is 0 Å². The number of hydrogen-bond acceptors (Lipinski definition) is 5. The summed E-state index contributed by atoms with van der Waals surface area (Å²) >= 11 is 1.33. The second kappa shape index (κ2) is 8.49. The average molecular weight is 284 g/mol. The summed E-state index contributed by atoms with van der Waals surface area (Å²) in [7, 11) is 0. The van der Waals surface area contributed by atoms with Gasteiger partial charge < -0.3 is 10.4 Å². The van der Waals surface area contributed by atoms with Crippen LogP contribution in [-0.2, 0) is 4.79 Å². The van der Waals surface area contributed by atoms with E-state index < -0.39 is 4.92 Å². The van der Waals surface area contributed by atoms with Gasteiger partial charge in [-0.2, -0.15) is 0 Å². The zero-order valence-corrected chi connectivity index (χ0v) is 11.2. The van der Waals surface area contributed by atoms with Crippen molar-refractivity contribution in [2.45, 2.75) is 17.7 Å². The van der Waals surface area contributed by atoms with Gasteiger partial charge in [0, 0.05) is 30.2 Å². The van der Waals surface area contributed by atoms with Gasteiger partial charge in [0.1, 0.15) is 0 Å². The molecular formula is C12H16N2O4S. The van der Waals surface area contributed by atoms with Crippen LogP contribution in [0.2, 0.25) is 0 Å². The highest BCUT2D eigenvalue weighted by Gasteiger charge is 2.06. The number of nitrogens with one attached hydrogen (secondary N) is 1. The summed E-state index contributed by atoms with van der Waals surface area (Å²) in [6.45, 7) is 0.688. The van der Waals surface area contributed by atoms with Crippen molar-refractivity contribution >= 4 is 23.4 Å². The number of aliphatic hydroxyl groups is 1. The molecule has 0 spiro atoms. The third-order valence-corrected chi connectivity index (χ3v) is 3.34. The van der Waals surface area contributed by atoms with Gasteiger partial charge in [0.15, 0.2) is 0 Å². The number of nitro benzene ring substituents is 1. The summed E-state index contributed by atoms with van der Waals surface area (Å²) in [5, 5.41) is 21.8. The standard InChI is InChI=1S/C12H16N2O4S/c15-8-2-1-7-13-12(16)9-19-11-5-3-10(4-6-11)14(17)18/h3-6,15H,1-2,7-9H2,(H,13,16). The molecule has 0 radical (unpaired) electrons. The van der Waals surface area contributed by atoms with Crippen LogP contribution in [0.5, 0.6) is 0 Å². The summed E-state index contributed by atoms with van der Waals surface area (Å²) < 4.78 is 0. The number of benzene rings is 1. The quantitative estimate of drug-likeness (QED) is 0.327. The Bertz CT molecular complexity index is 422. The molecule has 0 aliphatic heterocycles. The van der Waals surface area contributed by atoms with Gasteiger partial charge in [0.05, 0.1) is 10.7 Å². The van der Waals surface area contributed by atoms with E-state index in [0.717, 1.165) is 11.3 Å². The van der Waals surface area contributed by atoms with Crippen molar-refractivity contribution < 1.29 is 14.8 Å². The van der Waals surface area contributed by atoms with Crippen LogP contribution in [0.25, 0.3) is 0 Å². The van der Waals surface area contributed by atoms with E-state index in [9.17, 15) is 14.9 Å². The lowest BCUT2D eigenvalue weighted by Gasteiger charge is -2.04. The maximum absolute atomic E-state index is 11.5. The molecule has 1 aromatic carbocycles. The second-order valence-corrected chi connectivity index (χ2v) is 4.87. The molecule has 0 aliphatic carbocycles. The third kappa shape index (κ3) is 6.21. The number of thioether (sulfide) groups is 1. The van der Waals surface area contributed by atoms with Crippen LogP contribution in [0.15, 0.2) is 29.2 Å². The molecule has 7 heteroatoms. The molecule has 0 unspecified atom stereocenters. The minimum absolute atomic E-state index is 0.0396. The van der Waals surface area contributed by atoms with Crippen LogP contribution in [0, 0.1) is 10.1 Å².